The van der Waals surface area contributed by atoms with Gasteiger partial charge in [0.1, 0.15) is 0 Å². The molecule has 3 heterocycles. The van der Waals surface area contributed by atoms with E-state index in [9.17, 15) is 14.4 Å². The average Bonchev–Trinajstić information content (AvgIpc) is 2.74. The normalized spacial score (nSPS) is 21.1. The van der Waals surface area contributed by atoms with E-state index < -0.39 is 12.0 Å². The molecule has 7 nitrogen and oxygen atoms in total. The lowest BCUT2D eigenvalue weighted by Crippen LogP contribution is -2.53. The molecule has 1 aromatic heterocycles. The topological polar surface area (TPSA) is 106 Å². The first-order valence-electron chi connectivity index (χ1n) is 10.5. The number of carbonyl (C=O) groups is 2. The van der Waals surface area contributed by atoms with Gasteiger partial charge in [0.05, 0.1) is 11.6 Å². The second kappa shape index (κ2) is 8.07. The highest BCUT2D eigenvalue weighted by molar-refractivity contribution is 5.88. The van der Waals surface area contributed by atoms with Crippen LogP contribution in [0.4, 0.5) is 0 Å². The molecule has 1 fully saturated rings. The van der Waals surface area contributed by atoms with Gasteiger partial charge < -0.3 is 20.3 Å². The summed E-state index contributed by atoms with van der Waals surface area (Å²) in [5.74, 6) is -0.622. The van der Waals surface area contributed by atoms with Gasteiger partial charge >= 0.3 is 5.97 Å². The Hall–Kier alpha value is -2.93. The highest BCUT2D eigenvalue weighted by Crippen LogP contribution is 2.36. The van der Waals surface area contributed by atoms with Crippen molar-refractivity contribution in [2.45, 2.75) is 44.7 Å². The van der Waals surface area contributed by atoms with Crippen LogP contribution in [-0.4, -0.2) is 45.6 Å². The number of aromatic nitrogens is 1. The van der Waals surface area contributed by atoms with Gasteiger partial charge in [0.15, 0.2) is 0 Å². The van der Waals surface area contributed by atoms with Gasteiger partial charge in [-0.3, -0.25) is 9.59 Å². The average molecular weight is 409 g/mol. The van der Waals surface area contributed by atoms with Crippen LogP contribution in [0.2, 0.25) is 0 Å². The molecule has 2 aromatic rings. The molecule has 1 amide bonds. The second-order valence-corrected chi connectivity index (χ2v) is 8.44. The molecule has 2 aliphatic heterocycles. The Morgan fingerprint density at radius 3 is 2.53 bits per heavy atom. The summed E-state index contributed by atoms with van der Waals surface area (Å²) < 4.78 is 1.84. The Balaban J connectivity index is 1.64. The number of benzene rings is 1. The number of fused-ring (bicyclic) bond motifs is 4. The minimum Gasteiger partial charge on any atom is -0.478 e. The van der Waals surface area contributed by atoms with E-state index >= 15 is 0 Å². The molecule has 4 rings (SSSR count). The fraction of sp³-hybridized carbons (Fsp3) is 0.435. The number of carboxylic acids is 1. The van der Waals surface area contributed by atoms with Crippen LogP contribution >= 0.6 is 0 Å². The molecule has 1 saturated heterocycles. The van der Waals surface area contributed by atoms with Crippen molar-refractivity contribution in [1.29, 1.82) is 0 Å². The summed E-state index contributed by atoms with van der Waals surface area (Å²) in [6.45, 7) is 3.85. The van der Waals surface area contributed by atoms with E-state index in [1.807, 2.05) is 22.5 Å². The Bertz CT molecular complexity index is 1030. The van der Waals surface area contributed by atoms with Gasteiger partial charge in [-0.1, -0.05) is 25.5 Å². The number of carboxylic acid groups (broad SMARTS) is 1. The van der Waals surface area contributed by atoms with Crippen LogP contribution in [0.25, 0.3) is 11.1 Å². The molecule has 0 unspecified atom stereocenters. The largest absolute Gasteiger partial charge is 0.478 e. The second-order valence-electron chi connectivity index (χ2n) is 8.44. The Kier molecular flexibility index (Phi) is 5.47. The third kappa shape index (κ3) is 3.77. The van der Waals surface area contributed by atoms with Crippen LogP contribution < -0.4 is 11.3 Å². The number of nitrogens with zero attached hydrogens (tertiary/aromatic N) is 2. The van der Waals surface area contributed by atoms with Crippen LogP contribution in [0.1, 0.15) is 48.2 Å². The predicted octanol–water partition coefficient (Wildman–Crippen LogP) is 2.29. The van der Waals surface area contributed by atoms with Crippen molar-refractivity contribution >= 4 is 11.9 Å². The van der Waals surface area contributed by atoms with Crippen molar-refractivity contribution in [3.05, 3.63) is 58.0 Å². The molecule has 0 spiro atoms. The summed E-state index contributed by atoms with van der Waals surface area (Å²) in [7, 11) is 0. The van der Waals surface area contributed by atoms with Crippen molar-refractivity contribution in [3.63, 3.8) is 0 Å². The molecular formula is C23H27N3O4. The summed E-state index contributed by atoms with van der Waals surface area (Å²) in [5, 5.41) is 9.09. The van der Waals surface area contributed by atoms with Crippen molar-refractivity contribution in [1.82, 2.24) is 9.47 Å². The van der Waals surface area contributed by atoms with Crippen LogP contribution in [0.5, 0.6) is 0 Å². The number of aromatic carboxylic acids is 1. The third-order valence-corrected chi connectivity index (χ3v) is 6.25. The van der Waals surface area contributed by atoms with Crippen LogP contribution in [-0.2, 0) is 11.3 Å². The first kappa shape index (κ1) is 20.3. The van der Waals surface area contributed by atoms with Gasteiger partial charge in [-0.15, -0.1) is 0 Å². The lowest BCUT2D eigenvalue weighted by molar-refractivity contribution is -0.135. The molecule has 2 bridgehead atoms. The molecule has 3 atom stereocenters. The van der Waals surface area contributed by atoms with Gasteiger partial charge in [0.25, 0.3) is 5.56 Å². The van der Waals surface area contributed by atoms with Crippen molar-refractivity contribution in [2.75, 3.05) is 13.1 Å². The molecule has 0 aliphatic carbocycles. The van der Waals surface area contributed by atoms with Crippen molar-refractivity contribution in [2.24, 2.45) is 11.7 Å². The third-order valence-electron chi connectivity index (χ3n) is 6.25. The molecule has 2 aliphatic rings. The zero-order valence-electron chi connectivity index (χ0n) is 17.1. The lowest BCUT2D eigenvalue weighted by atomic mass is 9.82. The lowest BCUT2D eigenvalue weighted by Gasteiger charge is -2.43. The molecule has 30 heavy (non-hydrogen) atoms. The van der Waals surface area contributed by atoms with E-state index in [0.717, 1.165) is 29.7 Å². The monoisotopic (exact) mass is 409 g/mol. The van der Waals surface area contributed by atoms with Crippen molar-refractivity contribution in [3.8, 4) is 11.1 Å². The molecule has 1 aromatic carbocycles. The molecule has 0 radical (unpaired) electrons. The fourth-order valence-corrected chi connectivity index (χ4v) is 4.78. The first-order chi connectivity index (χ1) is 14.4. The van der Waals surface area contributed by atoms with E-state index in [4.69, 9.17) is 10.8 Å². The highest BCUT2D eigenvalue weighted by Gasteiger charge is 2.37. The number of pyridine rings is 1. The zero-order chi connectivity index (χ0) is 21.4. The summed E-state index contributed by atoms with van der Waals surface area (Å²) in [4.78, 5) is 38.6. The first-order valence-corrected chi connectivity index (χ1v) is 10.5. The maximum absolute atomic E-state index is 12.8. The van der Waals surface area contributed by atoms with Gasteiger partial charge in [-0.25, -0.2) is 4.79 Å². The number of rotatable bonds is 5. The smallest absolute Gasteiger partial charge is 0.335 e. The maximum Gasteiger partial charge on any atom is 0.335 e. The highest BCUT2D eigenvalue weighted by atomic mass is 16.4. The summed E-state index contributed by atoms with van der Waals surface area (Å²) in [5.41, 5.74) is 8.74. The van der Waals surface area contributed by atoms with Crippen molar-refractivity contribution < 1.29 is 14.7 Å². The number of likely N-dealkylation sites (tertiary alicyclic amines) is 1. The molecule has 0 saturated carbocycles. The summed E-state index contributed by atoms with van der Waals surface area (Å²) >= 11 is 0. The Morgan fingerprint density at radius 2 is 1.87 bits per heavy atom. The van der Waals surface area contributed by atoms with E-state index in [1.54, 1.807) is 30.3 Å². The molecule has 158 valence electrons. The minimum atomic E-state index is -0.980. The molecular weight excluding hydrogens is 382 g/mol. The number of hydrogen-bond acceptors (Lipinski definition) is 4. The zero-order valence-corrected chi connectivity index (χ0v) is 17.1. The molecule has 7 heteroatoms. The molecule has 3 N–H and O–H groups in total. The van der Waals surface area contributed by atoms with E-state index in [2.05, 4.69) is 0 Å². The number of piperidine rings is 1. The van der Waals surface area contributed by atoms with E-state index in [0.29, 0.717) is 26.1 Å². The fourth-order valence-electron chi connectivity index (χ4n) is 4.78. The van der Waals surface area contributed by atoms with Crippen LogP contribution in [0.15, 0.2) is 41.2 Å². The van der Waals surface area contributed by atoms with Crippen LogP contribution in [0.3, 0.4) is 0 Å². The minimum absolute atomic E-state index is 0.00256. The van der Waals surface area contributed by atoms with Crippen LogP contribution in [0, 0.1) is 5.92 Å². The van der Waals surface area contributed by atoms with Gasteiger partial charge in [-0.05, 0) is 48.1 Å². The van der Waals surface area contributed by atoms with E-state index in [1.165, 1.54) is 0 Å². The van der Waals surface area contributed by atoms with Gasteiger partial charge in [0, 0.05) is 37.3 Å². The predicted molar refractivity (Wildman–Crippen MR) is 113 cm³/mol. The van der Waals surface area contributed by atoms with Gasteiger partial charge in [0.2, 0.25) is 5.91 Å². The number of amides is 1. The Morgan fingerprint density at radius 1 is 1.13 bits per heavy atom. The SMILES string of the molecule is CCC[C@H](N)C(=O)N1C[C@@H]2C[C@H](C1)c1cc(-c3ccc(C(=O)O)cc3)cc(=O)n1C2. The number of nitrogens with two attached hydrogens (primary N) is 1. The maximum atomic E-state index is 12.8. The summed E-state index contributed by atoms with van der Waals surface area (Å²) in [6, 6.07) is 9.69. The van der Waals surface area contributed by atoms with Gasteiger partial charge in [-0.2, -0.15) is 0 Å². The number of hydrogen-bond donors (Lipinski definition) is 2. The number of carbonyl (C=O) groups excluding carboxylic acids is 1. The summed E-state index contributed by atoms with van der Waals surface area (Å²) in [6.07, 6.45) is 2.50. The quantitative estimate of drug-likeness (QED) is 0.788. The standard InChI is InChI=1S/C23H27N3O4/c1-2-3-19(24)22(28)25-11-14-8-18(13-25)20-9-17(10-21(27)26(20)12-14)15-4-6-16(7-5-15)23(29)30/h4-7,9-10,14,18-19H,2-3,8,11-13,24H2,1H3,(H,29,30)/t14-,18+,19-/m0/s1. The Labute approximate surface area is 175 Å². The van der Waals surface area contributed by atoms with E-state index in [-0.39, 0.29) is 28.9 Å².